The van der Waals surface area contributed by atoms with Crippen molar-refractivity contribution < 1.29 is 0 Å². The first kappa shape index (κ1) is 20.0. The van der Waals surface area contributed by atoms with Crippen LogP contribution in [0.5, 0.6) is 0 Å². The van der Waals surface area contributed by atoms with Gasteiger partial charge in [0.25, 0.3) is 0 Å². The Morgan fingerprint density at radius 3 is 2.43 bits per heavy atom. The van der Waals surface area contributed by atoms with Crippen LogP contribution in [0.15, 0.2) is 53.1 Å². The first-order valence-corrected chi connectivity index (χ1v) is 11.3. The molecule has 0 spiro atoms. The quantitative estimate of drug-likeness (QED) is 0.697. The van der Waals surface area contributed by atoms with E-state index in [2.05, 4.69) is 85.0 Å². The molecule has 4 nitrogen and oxygen atoms in total. The Morgan fingerprint density at radius 1 is 0.964 bits per heavy atom. The number of hydrogen-bond donors (Lipinski definition) is 0. The van der Waals surface area contributed by atoms with Gasteiger partial charge in [0.1, 0.15) is 0 Å². The van der Waals surface area contributed by atoms with Crippen molar-refractivity contribution in [3.05, 3.63) is 64.4 Å². The average molecular weight is 443 g/mol. The Kier molecular flexibility index (Phi) is 6.78. The van der Waals surface area contributed by atoms with Crippen LogP contribution in [0.1, 0.15) is 31.0 Å². The van der Waals surface area contributed by atoms with E-state index in [1.807, 2.05) is 6.20 Å². The van der Waals surface area contributed by atoms with Gasteiger partial charge in [-0.1, -0.05) is 30.3 Å². The number of likely N-dealkylation sites (tertiary alicyclic amines) is 1. The monoisotopic (exact) mass is 442 g/mol. The zero-order valence-corrected chi connectivity index (χ0v) is 18.4. The van der Waals surface area contributed by atoms with E-state index >= 15 is 0 Å². The summed E-state index contributed by atoms with van der Waals surface area (Å²) in [6, 6.07) is 16.5. The van der Waals surface area contributed by atoms with E-state index in [0.717, 1.165) is 36.7 Å². The van der Waals surface area contributed by atoms with Crippen molar-refractivity contribution in [1.82, 2.24) is 19.7 Å². The molecule has 3 heterocycles. The number of pyridine rings is 1. The van der Waals surface area contributed by atoms with Gasteiger partial charge in [-0.3, -0.25) is 19.7 Å². The summed E-state index contributed by atoms with van der Waals surface area (Å²) >= 11 is 3.46. The number of piperazine rings is 1. The normalized spacial score (nSPS) is 25.1. The highest BCUT2D eigenvalue weighted by molar-refractivity contribution is 9.10. The second-order valence-corrected chi connectivity index (χ2v) is 9.18. The maximum atomic E-state index is 4.53. The second-order valence-electron chi connectivity index (χ2n) is 8.26. The molecule has 150 valence electrons. The van der Waals surface area contributed by atoms with Gasteiger partial charge in [-0.2, -0.15) is 0 Å². The van der Waals surface area contributed by atoms with Crippen LogP contribution in [0.25, 0.3) is 0 Å². The van der Waals surface area contributed by atoms with E-state index < -0.39 is 0 Å². The molecular formula is C23H31BrN4. The number of nitrogens with zero attached hydrogens (tertiary/aromatic N) is 4. The molecule has 2 aromatic rings. The minimum absolute atomic E-state index is 0.656. The lowest BCUT2D eigenvalue weighted by Crippen LogP contribution is -2.54. The minimum Gasteiger partial charge on any atom is -0.298 e. The molecule has 5 heteroatoms. The molecule has 2 aliphatic heterocycles. The predicted octanol–water partition coefficient (Wildman–Crippen LogP) is 4.01. The van der Waals surface area contributed by atoms with Crippen LogP contribution in [0.3, 0.4) is 0 Å². The highest BCUT2D eigenvalue weighted by atomic mass is 79.9. The lowest BCUT2D eigenvalue weighted by Gasteiger charge is -2.45. The van der Waals surface area contributed by atoms with Gasteiger partial charge < -0.3 is 0 Å². The Hall–Kier alpha value is -1.27. The van der Waals surface area contributed by atoms with Crippen LogP contribution >= 0.6 is 15.9 Å². The van der Waals surface area contributed by atoms with Gasteiger partial charge in [0.05, 0.1) is 5.69 Å². The number of aromatic nitrogens is 1. The van der Waals surface area contributed by atoms with Gasteiger partial charge in [-0.15, -0.1) is 0 Å². The van der Waals surface area contributed by atoms with E-state index in [-0.39, 0.29) is 0 Å². The van der Waals surface area contributed by atoms with Gasteiger partial charge in [0.15, 0.2) is 0 Å². The van der Waals surface area contributed by atoms with Crippen molar-refractivity contribution >= 4 is 15.9 Å². The summed E-state index contributed by atoms with van der Waals surface area (Å²) in [5, 5.41) is 0. The van der Waals surface area contributed by atoms with Crippen LogP contribution in [0.4, 0.5) is 0 Å². The van der Waals surface area contributed by atoms with Crippen molar-refractivity contribution in [3.8, 4) is 0 Å². The molecule has 1 aromatic heterocycles. The summed E-state index contributed by atoms with van der Waals surface area (Å²) in [4.78, 5) is 12.5. The zero-order chi connectivity index (χ0) is 19.3. The van der Waals surface area contributed by atoms with Gasteiger partial charge in [-0.25, -0.2) is 0 Å². The van der Waals surface area contributed by atoms with Gasteiger partial charge in [-0.05, 0) is 53.4 Å². The van der Waals surface area contributed by atoms with Crippen LogP contribution in [0, 0.1) is 0 Å². The van der Waals surface area contributed by atoms with Crippen molar-refractivity contribution in [3.63, 3.8) is 0 Å². The van der Waals surface area contributed by atoms with Crippen molar-refractivity contribution in [2.75, 3.05) is 32.7 Å². The number of halogens is 1. The lowest BCUT2D eigenvalue weighted by molar-refractivity contribution is 0.0341. The third kappa shape index (κ3) is 5.20. The Morgan fingerprint density at radius 2 is 1.75 bits per heavy atom. The summed E-state index contributed by atoms with van der Waals surface area (Å²) in [5.74, 6) is 0. The standard InChI is InChI=1S/C23H31BrN4/c1-19-15-23(9-10-28(19)17-20-5-3-2-4-6-20)27-13-11-26(12-14-27)18-22-8-7-21(24)16-25-22/h2-8,16,19,23H,9-15,17-18H2,1H3/t19-,23+/m0/s1. The Labute approximate surface area is 177 Å². The molecule has 2 aliphatic rings. The molecule has 4 rings (SSSR count). The Balaban J connectivity index is 1.23. The molecule has 0 N–H and O–H groups in total. The first-order valence-electron chi connectivity index (χ1n) is 10.5. The molecule has 2 saturated heterocycles. The number of piperidine rings is 1. The summed E-state index contributed by atoms with van der Waals surface area (Å²) in [6.45, 7) is 10.3. The minimum atomic E-state index is 0.656. The average Bonchev–Trinajstić information content (AvgIpc) is 2.73. The van der Waals surface area contributed by atoms with E-state index in [4.69, 9.17) is 0 Å². The molecule has 28 heavy (non-hydrogen) atoms. The maximum absolute atomic E-state index is 4.53. The largest absolute Gasteiger partial charge is 0.298 e. The third-order valence-electron chi connectivity index (χ3n) is 6.31. The molecule has 0 saturated carbocycles. The van der Waals surface area contributed by atoms with Gasteiger partial charge in [0.2, 0.25) is 0 Å². The summed E-state index contributed by atoms with van der Waals surface area (Å²) in [7, 11) is 0. The fourth-order valence-electron chi connectivity index (χ4n) is 4.60. The van der Waals surface area contributed by atoms with Crippen molar-refractivity contribution in [2.45, 2.75) is 44.9 Å². The van der Waals surface area contributed by atoms with Gasteiger partial charge in [0, 0.05) is 68.6 Å². The molecule has 2 fully saturated rings. The summed E-state index contributed by atoms with van der Waals surface area (Å²) in [5.41, 5.74) is 2.60. The number of hydrogen-bond acceptors (Lipinski definition) is 4. The van der Waals surface area contributed by atoms with E-state index in [1.54, 1.807) is 0 Å². The van der Waals surface area contributed by atoms with E-state index in [9.17, 15) is 0 Å². The van der Waals surface area contributed by atoms with Gasteiger partial charge >= 0.3 is 0 Å². The highest BCUT2D eigenvalue weighted by Crippen LogP contribution is 2.24. The van der Waals surface area contributed by atoms with Crippen LogP contribution in [-0.2, 0) is 13.1 Å². The van der Waals surface area contributed by atoms with Crippen molar-refractivity contribution in [1.29, 1.82) is 0 Å². The molecule has 0 unspecified atom stereocenters. The van der Waals surface area contributed by atoms with E-state index in [0.29, 0.717) is 6.04 Å². The number of benzene rings is 1. The maximum Gasteiger partial charge on any atom is 0.0544 e. The molecule has 2 atom stereocenters. The van der Waals surface area contributed by atoms with Crippen molar-refractivity contribution in [2.24, 2.45) is 0 Å². The topological polar surface area (TPSA) is 22.6 Å². The molecule has 1 aromatic carbocycles. The lowest BCUT2D eigenvalue weighted by atomic mass is 9.95. The SMILES string of the molecule is C[C@H]1C[C@H](N2CCN(Cc3ccc(Br)cn3)CC2)CCN1Cc1ccccc1. The number of rotatable bonds is 5. The summed E-state index contributed by atoms with van der Waals surface area (Å²) in [6.07, 6.45) is 4.49. The van der Waals surface area contributed by atoms with Crippen LogP contribution in [-0.4, -0.2) is 64.5 Å². The molecule has 0 aliphatic carbocycles. The Bertz CT molecular complexity index is 728. The summed E-state index contributed by atoms with van der Waals surface area (Å²) < 4.78 is 1.05. The third-order valence-corrected chi connectivity index (χ3v) is 6.78. The fraction of sp³-hybridized carbons (Fsp3) is 0.522. The predicted molar refractivity (Wildman–Crippen MR) is 118 cm³/mol. The smallest absolute Gasteiger partial charge is 0.0544 e. The molecular weight excluding hydrogens is 412 g/mol. The second kappa shape index (κ2) is 9.49. The van der Waals surface area contributed by atoms with Crippen LogP contribution in [0.2, 0.25) is 0 Å². The van der Waals surface area contributed by atoms with E-state index in [1.165, 1.54) is 43.7 Å². The molecule has 0 amide bonds. The van der Waals surface area contributed by atoms with Crippen LogP contribution < -0.4 is 0 Å². The zero-order valence-electron chi connectivity index (χ0n) is 16.8. The highest BCUT2D eigenvalue weighted by Gasteiger charge is 2.31. The fourth-order valence-corrected chi connectivity index (χ4v) is 4.83. The molecule has 0 bridgehead atoms. The first-order chi connectivity index (χ1) is 13.7. The molecule has 0 radical (unpaired) electrons.